The standard InChI is InChI=1S/C25H17BrN4O3/c1-33-21-13-18(24(32)30-22-10-8-19(26)15-28-22)7-9-20(21)25(11-2-12-29-25)23(31)17-5-3-16(14-27)4-6-17/h2-13,15H,1H3,(H,28,30,32). The SMILES string of the molecule is COc1cc(C(=O)Nc2ccc(Br)cn2)ccc1C1(C(=O)c2ccc(C#N)cc2)C=CC=N1. The van der Waals surface area contributed by atoms with Crippen LogP contribution in [0.3, 0.4) is 0 Å². The number of nitriles is 1. The van der Waals surface area contributed by atoms with Gasteiger partial charge in [-0.15, -0.1) is 0 Å². The second-order valence-corrected chi connectivity index (χ2v) is 8.07. The first-order chi connectivity index (χ1) is 16.0. The molecule has 0 aliphatic carbocycles. The van der Waals surface area contributed by atoms with Crippen LogP contribution in [0.25, 0.3) is 0 Å². The summed E-state index contributed by atoms with van der Waals surface area (Å²) in [6.45, 7) is 0. The number of methoxy groups -OCH3 is 1. The normalized spacial score (nSPS) is 16.3. The van der Waals surface area contributed by atoms with Crippen LogP contribution in [0.15, 0.2) is 82.4 Å². The number of aromatic nitrogens is 1. The highest BCUT2D eigenvalue weighted by Gasteiger charge is 2.41. The zero-order valence-corrected chi connectivity index (χ0v) is 19.0. The van der Waals surface area contributed by atoms with Crippen molar-refractivity contribution in [3.8, 4) is 11.8 Å². The molecule has 1 amide bonds. The van der Waals surface area contributed by atoms with Crippen LogP contribution in [0.1, 0.15) is 31.8 Å². The van der Waals surface area contributed by atoms with Gasteiger partial charge in [-0.2, -0.15) is 5.26 Å². The largest absolute Gasteiger partial charge is 0.496 e. The second-order valence-electron chi connectivity index (χ2n) is 7.15. The zero-order chi connectivity index (χ0) is 23.4. The van der Waals surface area contributed by atoms with Crippen LogP contribution in [0, 0.1) is 11.3 Å². The molecule has 0 radical (unpaired) electrons. The Morgan fingerprint density at radius 2 is 1.85 bits per heavy atom. The van der Waals surface area contributed by atoms with Crippen molar-refractivity contribution in [2.45, 2.75) is 5.54 Å². The molecule has 162 valence electrons. The number of aliphatic imine (C=N–C) groups is 1. The van der Waals surface area contributed by atoms with E-state index in [0.29, 0.717) is 33.8 Å². The minimum absolute atomic E-state index is 0.272. The fraction of sp³-hybridized carbons (Fsp3) is 0.0800. The lowest BCUT2D eigenvalue weighted by molar-refractivity contribution is 0.0921. The number of ether oxygens (including phenoxy) is 1. The number of allylic oxidation sites excluding steroid dienone is 1. The number of amides is 1. The monoisotopic (exact) mass is 500 g/mol. The first-order valence-corrected chi connectivity index (χ1v) is 10.7. The van der Waals surface area contributed by atoms with E-state index in [4.69, 9.17) is 10.00 Å². The number of hydrogen-bond donors (Lipinski definition) is 1. The van der Waals surface area contributed by atoms with E-state index >= 15 is 0 Å². The molecule has 1 aliphatic rings. The maximum atomic E-state index is 13.5. The lowest BCUT2D eigenvalue weighted by Gasteiger charge is -2.26. The number of nitrogens with zero attached hydrogens (tertiary/aromatic N) is 3. The van der Waals surface area contributed by atoms with Crippen LogP contribution in [-0.4, -0.2) is 30.0 Å². The number of halogens is 1. The number of hydrogen-bond acceptors (Lipinski definition) is 6. The molecule has 0 saturated heterocycles. The summed E-state index contributed by atoms with van der Waals surface area (Å²) in [5.74, 6) is 0.110. The van der Waals surface area contributed by atoms with Crippen molar-refractivity contribution < 1.29 is 14.3 Å². The number of nitrogens with one attached hydrogen (secondary N) is 1. The van der Waals surface area contributed by atoms with Gasteiger partial charge in [0.1, 0.15) is 11.6 Å². The molecule has 1 N–H and O–H groups in total. The van der Waals surface area contributed by atoms with Crippen LogP contribution in [0.2, 0.25) is 0 Å². The summed E-state index contributed by atoms with van der Waals surface area (Å²) in [6.07, 6.45) is 6.53. The van der Waals surface area contributed by atoms with Crippen molar-refractivity contribution in [2.75, 3.05) is 12.4 Å². The molecule has 7 nitrogen and oxygen atoms in total. The lowest BCUT2D eigenvalue weighted by Crippen LogP contribution is -2.31. The first kappa shape index (κ1) is 22.1. The van der Waals surface area contributed by atoms with Crippen LogP contribution in [0.5, 0.6) is 5.75 Å². The second kappa shape index (κ2) is 9.18. The van der Waals surface area contributed by atoms with Gasteiger partial charge in [0.25, 0.3) is 5.91 Å². The average Bonchev–Trinajstić information content (AvgIpc) is 3.35. The van der Waals surface area contributed by atoms with Crippen molar-refractivity contribution >= 4 is 39.7 Å². The Morgan fingerprint density at radius 1 is 1.09 bits per heavy atom. The number of anilines is 1. The molecule has 2 heterocycles. The maximum absolute atomic E-state index is 13.5. The molecule has 1 aliphatic heterocycles. The molecule has 0 spiro atoms. The van der Waals surface area contributed by atoms with E-state index in [2.05, 4.69) is 31.2 Å². The van der Waals surface area contributed by atoms with Gasteiger partial charge in [0.05, 0.1) is 18.7 Å². The van der Waals surface area contributed by atoms with E-state index in [1.165, 1.54) is 7.11 Å². The van der Waals surface area contributed by atoms with Crippen LogP contribution in [0.4, 0.5) is 5.82 Å². The van der Waals surface area contributed by atoms with Gasteiger partial charge in [-0.25, -0.2) is 4.98 Å². The van der Waals surface area contributed by atoms with E-state index in [9.17, 15) is 9.59 Å². The van der Waals surface area contributed by atoms with Crippen molar-refractivity contribution in [1.82, 2.24) is 4.98 Å². The minimum atomic E-state index is -1.33. The summed E-state index contributed by atoms with van der Waals surface area (Å²) >= 11 is 3.31. The third-order valence-corrected chi connectivity index (χ3v) is 5.64. The van der Waals surface area contributed by atoms with Crippen LogP contribution < -0.4 is 10.1 Å². The van der Waals surface area contributed by atoms with Crippen molar-refractivity contribution in [3.63, 3.8) is 0 Å². The summed E-state index contributed by atoms with van der Waals surface area (Å²) in [5, 5.41) is 11.8. The number of ketones is 1. The molecule has 1 atom stereocenters. The average molecular weight is 501 g/mol. The first-order valence-electron chi connectivity index (χ1n) is 9.86. The number of Topliss-reactive ketones (excluding diaryl/α,β-unsaturated/α-hetero) is 1. The van der Waals surface area contributed by atoms with E-state index < -0.39 is 5.54 Å². The van der Waals surface area contributed by atoms with Crippen molar-refractivity contribution in [1.29, 1.82) is 5.26 Å². The summed E-state index contributed by atoms with van der Waals surface area (Å²) in [7, 11) is 1.47. The van der Waals surface area contributed by atoms with Crippen LogP contribution >= 0.6 is 15.9 Å². The Labute approximate surface area is 198 Å². The molecular weight excluding hydrogens is 484 g/mol. The predicted molar refractivity (Wildman–Crippen MR) is 128 cm³/mol. The molecule has 1 unspecified atom stereocenters. The van der Waals surface area contributed by atoms with Gasteiger partial charge in [-0.05, 0) is 76.6 Å². The molecular formula is C25H17BrN4O3. The summed E-state index contributed by atoms with van der Waals surface area (Å²) < 4.78 is 6.36. The minimum Gasteiger partial charge on any atom is -0.496 e. The Balaban J connectivity index is 1.69. The van der Waals surface area contributed by atoms with Gasteiger partial charge in [0.15, 0.2) is 11.3 Å². The van der Waals surface area contributed by atoms with Gasteiger partial charge < -0.3 is 10.1 Å². The van der Waals surface area contributed by atoms with Gasteiger partial charge in [0, 0.05) is 33.6 Å². The molecule has 8 heteroatoms. The number of benzene rings is 2. The zero-order valence-electron chi connectivity index (χ0n) is 17.4. The van der Waals surface area contributed by atoms with Gasteiger partial charge in [0.2, 0.25) is 0 Å². The van der Waals surface area contributed by atoms with Crippen LogP contribution in [-0.2, 0) is 5.54 Å². The van der Waals surface area contributed by atoms with Gasteiger partial charge in [-0.1, -0.05) is 6.07 Å². The van der Waals surface area contributed by atoms with Gasteiger partial charge in [-0.3, -0.25) is 14.6 Å². The molecule has 4 rings (SSSR count). The molecule has 0 bridgehead atoms. The van der Waals surface area contributed by atoms with E-state index in [-0.39, 0.29) is 11.7 Å². The maximum Gasteiger partial charge on any atom is 0.256 e. The molecule has 33 heavy (non-hydrogen) atoms. The number of pyridine rings is 1. The van der Waals surface area contributed by atoms with E-state index in [0.717, 1.165) is 4.47 Å². The highest BCUT2D eigenvalue weighted by atomic mass is 79.9. The fourth-order valence-corrected chi connectivity index (χ4v) is 3.74. The Hall–Kier alpha value is -4.09. The summed E-state index contributed by atoms with van der Waals surface area (Å²) in [4.78, 5) is 34.9. The smallest absolute Gasteiger partial charge is 0.256 e. The topological polar surface area (TPSA) is 104 Å². The Bertz CT molecular complexity index is 1310. The molecule has 3 aromatic rings. The lowest BCUT2D eigenvalue weighted by atomic mass is 9.82. The summed E-state index contributed by atoms with van der Waals surface area (Å²) in [6, 6.07) is 16.7. The molecule has 0 saturated carbocycles. The fourth-order valence-electron chi connectivity index (χ4n) is 3.50. The predicted octanol–water partition coefficient (Wildman–Crippen LogP) is 4.70. The van der Waals surface area contributed by atoms with E-state index in [1.807, 2.05) is 6.07 Å². The van der Waals surface area contributed by atoms with Crippen molar-refractivity contribution in [2.24, 2.45) is 4.99 Å². The number of carbonyl (C=O) groups is 2. The van der Waals surface area contributed by atoms with E-state index in [1.54, 1.807) is 79.2 Å². The molecule has 0 fully saturated rings. The third-order valence-electron chi connectivity index (χ3n) is 5.17. The highest BCUT2D eigenvalue weighted by molar-refractivity contribution is 9.10. The Kier molecular flexibility index (Phi) is 6.16. The number of carbonyl (C=O) groups excluding carboxylic acids is 2. The molecule has 1 aromatic heterocycles. The highest BCUT2D eigenvalue weighted by Crippen LogP contribution is 2.40. The number of rotatable bonds is 6. The van der Waals surface area contributed by atoms with Gasteiger partial charge >= 0.3 is 0 Å². The molecule has 2 aromatic carbocycles. The third kappa shape index (κ3) is 4.31. The quantitative estimate of drug-likeness (QED) is 0.494. The summed E-state index contributed by atoms with van der Waals surface area (Å²) in [5.41, 5.74) is 0.374. The van der Waals surface area contributed by atoms with Crippen molar-refractivity contribution in [3.05, 3.63) is 99.7 Å². The Morgan fingerprint density at radius 3 is 2.45 bits per heavy atom.